The van der Waals surface area contributed by atoms with Gasteiger partial charge in [-0.05, 0) is 44.0 Å². The quantitative estimate of drug-likeness (QED) is 0.469. The normalized spacial score (nSPS) is 11.6. The fourth-order valence-corrected chi connectivity index (χ4v) is 3.31. The van der Waals surface area contributed by atoms with Gasteiger partial charge in [0.25, 0.3) is 10.1 Å². The van der Waals surface area contributed by atoms with Gasteiger partial charge < -0.3 is 0 Å². The van der Waals surface area contributed by atoms with Gasteiger partial charge in [0.2, 0.25) is 0 Å². The fraction of sp³-hybridized carbons (Fsp3) is 0.222. The molecule has 3 aromatic rings. The van der Waals surface area contributed by atoms with Gasteiger partial charge in [0, 0.05) is 0 Å². The summed E-state index contributed by atoms with van der Waals surface area (Å²) < 4.78 is 44.3. The topological polar surface area (TPSA) is 74.1 Å². The number of aryl methyl sites for hydroxylation is 2. The Hall–Kier alpha value is -2.58. The van der Waals surface area contributed by atoms with Crippen molar-refractivity contribution in [3.8, 4) is 5.69 Å². The predicted molar refractivity (Wildman–Crippen MR) is 94.0 cm³/mol. The molecule has 0 fully saturated rings. The first-order chi connectivity index (χ1) is 12.5. The second kappa shape index (κ2) is 7.76. The lowest BCUT2D eigenvalue weighted by atomic mass is 10.2. The van der Waals surface area contributed by atoms with Gasteiger partial charge in [0.05, 0.1) is 23.4 Å². The predicted octanol–water partition coefficient (Wildman–Crippen LogP) is 3.05. The molecule has 0 atom stereocenters. The highest BCUT2D eigenvalue weighted by Crippen LogP contribution is 2.15. The maximum absolute atomic E-state index is 13.7. The summed E-state index contributed by atoms with van der Waals surface area (Å²) in [6.45, 7) is 1.91. The molecule has 1 heterocycles. The Morgan fingerprint density at radius 2 is 1.85 bits per heavy atom. The lowest BCUT2D eigenvalue weighted by Gasteiger charge is -2.05. The summed E-state index contributed by atoms with van der Waals surface area (Å²) >= 11 is 0. The van der Waals surface area contributed by atoms with Gasteiger partial charge in [-0.3, -0.25) is 4.18 Å². The Balaban J connectivity index is 1.54. The zero-order valence-corrected chi connectivity index (χ0v) is 15.0. The summed E-state index contributed by atoms with van der Waals surface area (Å²) in [6.07, 6.45) is 2.53. The summed E-state index contributed by atoms with van der Waals surface area (Å²) in [5.74, 6) is -0.392. The third-order valence-electron chi connectivity index (χ3n) is 3.77. The van der Waals surface area contributed by atoms with Crippen molar-refractivity contribution in [2.75, 3.05) is 6.61 Å². The van der Waals surface area contributed by atoms with Crippen LogP contribution in [0.3, 0.4) is 0 Å². The minimum absolute atomic E-state index is 0.0305. The molecule has 0 aliphatic carbocycles. The molecule has 0 saturated carbocycles. The van der Waals surface area contributed by atoms with E-state index in [-0.39, 0.29) is 11.5 Å². The van der Waals surface area contributed by atoms with Crippen LogP contribution >= 0.6 is 0 Å². The monoisotopic (exact) mass is 375 g/mol. The summed E-state index contributed by atoms with van der Waals surface area (Å²) in [5, 5.41) is 7.88. The van der Waals surface area contributed by atoms with Crippen molar-refractivity contribution in [2.45, 2.75) is 24.7 Å². The highest BCUT2D eigenvalue weighted by Gasteiger charge is 2.14. The van der Waals surface area contributed by atoms with Crippen molar-refractivity contribution < 1.29 is 17.0 Å². The van der Waals surface area contributed by atoms with Gasteiger partial charge in [0.15, 0.2) is 0 Å². The number of nitrogens with zero attached hydrogens (tertiary/aromatic N) is 3. The van der Waals surface area contributed by atoms with E-state index in [1.165, 1.54) is 22.9 Å². The van der Waals surface area contributed by atoms with Crippen LogP contribution in [0.2, 0.25) is 0 Å². The Labute approximate surface area is 151 Å². The molecule has 8 heteroatoms. The molecule has 2 aromatic carbocycles. The van der Waals surface area contributed by atoms with Crippen LogP contribution in [0.4, 0.5) is 4.39 Å². The molecule has 0 bridgehead atoms. The van der Waals surface area contributed by atoms with Crippen molar-refractivity contribution in [3.05, 3.63) is 71.8 Å². The molecule has 1 aromatic heterocycles. The highest BCUT2D eigenvalue weighted by molar-refractivity contribution is 7.86. The number of para-hydroxylation sites is 1. The van der Waals surface area contributed by atoms with Crippen LogP contribution in [0.5, 0.6) is 0 Å². The number of hydrogen-bond donors (Lipinski definition) is 0. The van der Waals surface area contributed by atoms with Gasteiger partial charge >= 0.3 is 0 Å². The number of aromatic nitrogens is 3. The van der Waals surface area contributed by atoms with E-state index in [1.54, 1.807) is 36.5 Å². The van der Waals surface area contributed by atoms with Gasteiger partial charge in [-0.2, -0.15) is 8.42 Å². The summed E-state index contributed by atoms with van der Waals surface area (Å²) in [7, 11) is -3.77. The Morgan fingerprint density at radius 1 is 1.12 bits per heavy atom. The van der Waals surface area contributed by atoms with Crippen LogP contribution in [0.25, 0.3) is 5.69 Å². The zero-order valence-electron chi connectivity index (χ0n) is 14.2. The molecule has 0 aliphatic rings. The van der Waals surface area contributed by atoms with Gasteiger partial charge in [-0.1, -0.05) is 35.0 Å². The first kappa shape index (κ1) is 18.2. The molecule has 6 nitrogen and oxygen atoms in total. The van der Waals surface area contributed by atoms with E-state index in [1.807, 2.05) is 6.92 Å². The molecule has 0 aliphatic heterocycles. The van der Waals surface area contributed by atoms with E-state index < -0.39 is 15.9 Å². The van der Waals surface area contributed by atoms with Crippen molar-refractivity contribution in [3.63, 3.8) is 0 Å². The third kappa shape index (κ3) is 4.33. The smallest absolute Gasteiger partial charge is 0.266 e. The molecular weight excluding hydrogens is 357 g/mol. The van der Waals surface area contributed by atoms with E-state index in [9.17, 15) is 12.8 Å². The molecule has 0 amide bonds. The van der Waals surface area contributed by atoms with E-state index in [0.29, 0.717) is 24.2 Å². The summed E-state index contributed by atoms with van der Waals surface area (Å²) in [6, 6.07) is 12.7. The largest absolute Gasteiger partial charge is 0.296 e. The first-order valence-corrected chi connectivity index (χ1v) is 9.49. The Morgan fingerprint density at radius 3 is 2.58 bits per heavy atom. The van der Waals surface area contributed by atoms with Gasteiger partial charge in [-0.25, -0.2) is 9.07 Å². The van der Waals surface area contributed by atoms with Crippen LogP contribution < -0.4 is 0 Å². The van der Waals surface area contributed by atoms with Crippen molar-refractivity contribution >= 4 is 10.1 Å². The Bertz CT molecular complexity index is 985. The fourth-order valence-electron chi connectivity index (χ4n) is 2.36. The SMILES string of the molecule is Cc1ccc(S(=O)(=O)OCCCc2cn(-c3ccccc3F)nn2)cc1. The average molecular weight is 375 g/mol. The van der Waals surface area contributed by atoms with Crippen LogP contribution in [0.15, 0.2) is 59.6 Å². The van der Waals surface area contributed by atoms with Gasteiger partial charge in [-0.15, -0.1) is 5.10 Å². The van der Waals surface area contributed by atoms with Crippen LogP contribution in [-0.4, -0.2) is 30.0 Å². The Kier molecular flexibility index (Phi) is 5.43. The van der Waals surface area contributed by atoms with Crippen LogP contribution in [0.1, 0.15) is 17.7 Å². The molecule has 26 heavy (non-hydrogen) atoms. The van der Waals surface area contributed by atoms with E-state index in [4.69, 9.17) is 4.18 Å². The van der Waals surface area contributed by atoms with Crippen molar-refractivity contribution in [1.29, 1.82) is 0 Å². The maximum atomic E-state index is 13.7. The van der Waals surface area contributed by atoms with Crippen LogP contribution in [-0.2, 0) is 20.7 Å². The number of rotatable bonds is 7. The molecule has 3 rings (SSSR count). The minimum Gasteiger partial charge on any atom is -0.266 e. The highest BCUT2D eigenvalue weighted by atomic mass is 32.2. The van der Waals surface area contributed by atoms with E-state index in [2.05, 4.69) is 10.3 Å². The van der Waals surface area contributed by atoms with Crippen molar-refractivity contribution in [1.82, 2.24) is 15.0 Å². The summed E-state index contributed by atoms with van der Waals surface area (Å²) in [4.78, 5) is 0.133. The molecule has 0 unspecified atom stereocenters. The standard InChI is InChI=1S/C18H18FN3O3S/c1-14-8-10-16(11-9-14)26(23,24)25-12-4-5-15-13-22(21-20-15)18-7-3-2-6-17(18)19/h2-3,6-11,13H,4-5,12H2,1H3. The molecule has 0 N–H and O–H groups in total. The number of benzene rings is 2. The second-order valence-electron chi connectivity index (χ2n) is 5.80. The summed E-state index contributed by atoms with van der Waals surface area (Å²) in [5.41, 5.74) is 1.91. The first-order valence-electron chi connectivity index (χ1n) is 8.08. The third-order valence-corrected chi connectivity index (χ3v) is 5.09. The minimum atomic E-state index is -3.77. The number of hydrogen-bond acceptors (Lipinski definition) is 5. The van der Waals surface area contributed by atoms with Gasteiger partial charge in [0.1, 0.15) is 11.5 Å². The number of halogens is 1. The molecule has 136 valence electrons. The second-order valence-corrected chi connectivity index (χ2v) is 7.41. The lowest BCUT2D eigenvalue weighted by Crippen LogP contribution is -2.08. The van der Waals surface area contributed by atoms with E-state index in [0.717, 1.165) is 5.56 Å². The lowest BCUT2D eigenvalue weighted by molar-refractivity contribution is 0.312. The average Bonchev–Trinajstić information content (AvgIpc) is 3.08. The zero-order chi connectivity index (χ0) is 18.6. The maximum Gasteiger partial charge on any atom is 0.296 e. The molecular formula is C18H18FN3O3S. The van der Waals surface area contributed by atoms with Crippen LogP contribution in [0, 0.1) is 12.7 Å². The van der Waals surface area contributed by atoms with E-state index >= 15 is 0 Å². The molecule has 0 spiro atoms. The molecule has 0 saturated heterocycles. The molecule has 0 radical (unpaired) electrons. The van der Waals surface area contributed by atoms with Crippen molar-refractivity contribution in [2.24, 2.45) is 0 Å².